The molecule has 1 N–H and O–H groups in total. The molecule has 1 atom stereocenters. The number of nitrogens with one attached hydrogen (secondary N) is 1. The summed E-state index contributed by atoms with van der Waals surface area (Å²) < 4.78 is 6.54. The molecule has 3 aliphatic rings. The van der Waals surface area contributed by atoms with Crippen LogP contribution in [-0.4, -0.2) is 60.8 Å². The van der Waals surface area contributed by atoms with Crippen LogP contribution in [0, 0.1) is 11.3 Å². The van der Waals surface area contributed by atoms with Crippen LogP contribution < -0.4 is 5.32 Å². The van der Waals surface area contributed by atoms with E-state index < -0.39 is 0 Å². The van der Waals surface area contributed by atoms with Crippen molar-refractivity contribution in [2.24, 2.45) is 11.3 Å². The Morgan fingerprint density at radius 2 is 1.91 bits per heavy atom. The van der Waals surface area contributed by atoms with Gasteiger partial charge in [-0.1, -0.05) is 42.1 Å². The van der Waals surface area contributed by atoms with Crippen molar-refractivity contribution in [2.75, 3.05) is 39.1 Å². The van der Waals surface area contributed by atoms with E-state index in [-0.39, 0.29) is 28.6 Å². The van der Waals surface area contributed by atoms with Crippen molar-refractivity contribution >= 4 is 34.9 Å². The van der Waals surface area contributed by atoms with Gasteiger partial charge in [-0.15, -0.1) is 11.3 Å². The highest BCUT2D eigenvalue weighted by atomic mass is 32.2. The van der Waals surface area contributed by atoms with Crippen molar-refractivity contribution in [2.45, 2.75) is 41.9 Å². The first-order valence-electron chi connectivity index (χ1n) is 11.8. The number of thioether (sulfide) groups is 1. The lowest BCUT2D eigenvalue weighted by molar-refractivity contribution is -0.123. The quantitative estimate of drug-likeness (QED) is 0.627. The zero-order chi connectivity index (χ0) is 22.9. The van der Waals surface area contributed by atoms with Crippen molar-refractivity contribution in [1.29, 1.82) is 0 Å². The summed E-state index contributed by atoms with van der Waals surface area (Å²) in [5.41, 5.74) is 1.87. The van der Waals surface area contributed by atoms with Gasteiger partial charge in [0, 0.05) is 49.6 Å². The van der Waals surface area contributed by atoms with E-state index in [1.165, 1.54) is 16.9 Å². The number of aromatic nitrogens is 1. The van der Waals surface area contributed by atoms with Crippen LogP contribution in [0.15, 0.2) is 40.1 Å². The van der Waals surface area contributed by atoms with E-state index in [9.17, 15) is 9.59 Å². The molecule has 1 spiro atoms. The summed E-state index contributed by atoms with van der Waals surface area (Å²) in [6.45, 7) is 3.55. The second-order valence-corrected chi connectivity index (χ2v) is 11.5. The lowest BCUT2D eigenvalue weighted by Crippen LogP contribution is -2.46. The van der Waals surface area contributed by atoms with Crippen molar-refractivity contribution in [3.05, 3.63) is 47.0 Å². The van der Waals surface area contributed by atoms with Gasteiger partial charge in [-0.3, -0.25) is 9.59 Å². The minimum absolute atomic E-state index is 0.0207. The molecule has 2 amide bonds. The Bertz CT molecular complexity index is 995. The summed E-state index contributed by atoms with van der Waals surface area (Å²) in [6, 6.07) is 10.5. The molecule has 2 aromatic rings. The first-order valence-corrected chi connectivity index (χ1v) is 13.9. The highest BCUT2D eigenvalue weighted by molar-refractivity contribution is 8.00. The third-order valence-electron chi connectivity index (χ3n) is 7.87. The van der Waals surface area contributed by atoms with E-state index in [2.05, 4.69) is 34.6 Å². The molecule has 1 aromatic heterocycles. The maximum Gasteiger partial charge on any atom is 0.273 e. The summed E-state index contributed by atoms with van der Waals surface area (Å²) in [7, 11) is 0. The molecule has 0 unspecified atom stereocenters. The van der Waals surface area contributed by atoms with Gasteiger partial charge in [-0.05, 0) is 49.3 Å². The number of piperidine rings is 1. The van der Waals surface area contributed by atoms with E-state index in [1.54, 1.807) is 11.8 Å². The van der Waals surface area contributed by atoms with Gasteiger partial charge in [0.05, 0.1) is 0 Å². The minimum atomic E-state index is -0.0455. The Labute approximate surface area is 203 Å². The Hall–Kier alpha value is -1.90. The number of benzene rings is 1. The fourth-order valence-electron chi connectivity index (χ4n) is 5.54. The molecule has 5 rings (SSSR count). The first kappa shape index (κ1) is 22.9. The number of carbonyl (C=O) groups is 2. The number of thiazole rings is 1. The number of likely N-dealkylation sites (tertiary alicyclic amines) is 1. The summed E-state index contributed by atoms with van der Waals surface area (Å²) in [4.78, 5) is 32.3. The lowest BCUT2D eigenvalue weighted by Gasteiger charge is -2.38. The highest BCUT2D eigenvalue weighted by Gasteiger charge is 2.59. The fraction of sp³-hybridized carbons (Fsp3) is 0.560. The minimum Gasteiger partial charge on any atom is -0.381 e. The summed E-state index contributed by atoms with van der Waals surface area (Å²) in [6.07, 6.45) is 6.56. The Kier molecular flexibility index (Phi) is 6.51. The third kappa shape index (κ3) is 4.57. The summed E-state index contributed by atoms with van der Waals surface area (Å²) in [5, 5.41) is 5.16. The van der Waals surface area contributed by atoms with E-state index in [1.807, 2.05) is 22.6 Å². The molecule has 0 radical (unpaired) electrons. The fourth-order valence-corrected chi connectivity index (χ4v) is 6.77. The summed E-state index contributed by atoms with van der Waals surface area (Å²) >= 11 is 3.08. The van der Waals surface area contributed by atoms with Crippen molar-refractivity contribution < 1.29 is 14.3 Å². The maximum atomic E-state index is 13.1. The number of nitrogens with zero attached hydrogens (tertiary/aromatic N) is 2. The molecule has 1 saturated carbocycles. The van der Waals surface area contributed by atoms with Crippen molar-refractivity contribution in [3.8, 4) is 0 Å². The predicted molar refractivity (Wildman–Crippen MR) is 131 cm³/mol. The van der Waals surface area contributed by atoms with Crippen LogP contribution in [0.2, 0.25) is 0 Å². The first-order chi connectivity index (χ1) is 16.1. The normalized spacial score (nSPS) is 23.3. The van der Waals surface area contributed by atoms with Crippen molar-refractivity contribution in [1.82, 2.24) is 15.2 Å². The van der Waals surface area contributed by atoms with Gasteiger partial charge >= 0.3 is 0 Å². The number of ether oxygens (including phenoxy) is 1. The Balaban J connectivity index is 1.16. The van der Waals surface area contributed by atoms with E-state index in [0.29, 0.717) is 25.3 Å². The van der Waals surface area contributed by atoms with Crippen LogP contribution in [0.5, 0.6) is 0 Å². The molecule has 0 bridgehead atoms. The van der Waals surface area contributed by atoms with Gasteiger partial charge in [0.25, 0.3) is 5.91 Å². The molecular weight excluding hydrogens is 454 g/mol. The molecule has 2 saturated heterocycles. The molecule has 176 valence electrons. The van der Waals surface area contributed by atoms with Gasteiger partial charge in [-0.25, -0.2) is 4.98 Å². The molecule has 8 heteroatoms. The van der Waals surface area contributed by atoms with Crippen LogP contribution in [0.25, 0.3) is 0 Å². The van der Waals surface area contributed by atoms with Gasteiger partial charge < -0.3 is 15.0 Å². The molecular formula is C25H31N3O3S2. The van der Waals surface area contributed by atoms with Crippen LogP contribution >= 0.6 is 23.1 Å². The van der Waals surface area contributed by atoms with Gasteiger partial charge in [0.15, 0.2) is 0 Å². The van der Waals surface area contributed by atoms with Gasteiger partial charge in [0.2, 0.25) is 5.91 Å². The number of rotatable bonds is 6. The van der Waals surface area contributed by atoms with Gasteiger partial charge in [-0.2, -0.15) is 0 Å². The zero-order valence-corrected chi connectivity index (χ0v) is 20.7. The van der Waals surface area contributed by atoms with E-state index >= 15 is 0 Å². The maximum absolute atomic E-state index is 13.1. The second kappa shape index (κ2) is 9.39. The van der Waals surface area contributed by atoms with Gasteiger partial charge in [0.1, 0.15) is 10.0 Å². The van der Waals surface area contributed by atoms with Crippen LogP contribution in [0.1, 0.15) is 48.2 Å². The molecule has 1 aromatic carbocycles. The smallest absolute Gasteiger partial charge is 0.273 e. The molecule has 3 fully saturated rings. The zero-order valence-electron chi connectivity index (χ0n) is 19.0. The van der Waals surface area contributed by atoms with Crippen LogP contribution in [0.3, 0.4) is 0 Å². The highest BCUT2D eigenvalue weighted by Crippen LogP contribution is 2.59. The number of hydrogen-bond acceptors (Lipinski definition) is 6. The average molecular weight is 486 g/mol. The molecule has 6 nitrogen and oxygen atoms in total. The number of carbonyl (C=O) groups excluding carboxylic acids is 2. The monoisotopic (exact) mass is 485 g/mol. The topological polar surface area (TPSA) is 71.5 Å². The van der Waals surface area contributed by atoms with Crippen molar-refractivity contribution in [3.63, 3.8) is 0 Å². The van der Waals surface area contributed by atoms with Crippen LogP contribution in [-0.2, 0) is 14.9 Å². The standard InChI is InChI=1S/C25H31N3O3S2/c1-32-23-27-20(16-33-23)22(30)28-11-7-24(8-12-28)15-19(24)21(29)26-17-25(9-13-31-14-10-25)18-5-3-2-4-6-18/h2-6,16,19H,7-15,17H2,1H3,(H,26,29)/t19-/m1/s1. The largest absolute Gasteiger partial charge is 0.381 e. The molecule has 33 heavy (non-hydrogen) atoms. The Morgan fingerprint density at radius 1 is 1.18 bits per heavy atom. The average Bonchev–Trinajstić information content (AvgIpc) is 3.35. The Morgan fingerprint density at radius 3 is 2.58 bits per heavy atom. The second-order valence-electron chi connectivity index (χ2n) is 9.59. The van der Waals surface area contributed by atoms with Crippen LogP contribution in [0.4, 0.5) is 0 Å². The molecule has 3 heterocycles. The van der Waals surface area contributed by atoms with E-state index in [4.69, 9.17) is 4.74 Å². The molecule has 2 aliphatic heterocycles. The third-order valence-corrected chi connectivity index (χ3v) is 9.73. The molecule has 1 aliphatic carbocycles. The van der Waals surface area contributed by atoms with E-state index in [0.717, 1.165) is 49.7 Å². The predicted octanol–water partition coefficient (Wildman–Crippen LogP) is 3.97. The lowest BCUT2D eigenvalue weighted by atomic mass is 9.74. The SMILES string of the molecule is CSc1nc(C(=O)N2CCC3(CC2)C[C@@H]3C(=O)NCC2(c3ccccc3)CCOCC2)cs1. The number of hydrogen-bond donors (Lipinski definition) is 1. The number of amides is 2. The summed E-state index contributed by atoms with van der Waals surface area (Å²) in [5.74, 6) is 0.276.